The van der Waals surface area contributed by atoms with Crippen LogP contribution in [0.4, 0.5) is 10.7 Å². The highest BCUT2D eigenvalue weighted by molar-refractivity contribution is 8.00. The molecule has 1 aromatic heterocycles. The highest BCUT2D eigenvalue weighted by Gasteiger charge is 2.31. The van der Waals surface area contributed by atoms with Crippen molar-refractivity contribution in [2.45, 2.75) is 43.4 Å². The number of para-hydroxylation sites is 1. The molecule has 2 aromatic carbocycles. The van der Waals surface area contributed by atoms with E-state index in [0.717, 1.165) is 15.3 Å². The summed E-state index contributed by atoms with van der Waals surface area (Å²) in [5.74, 6) is -0.475. The van der Waals surface area contributed by atoms with Crippen molar-refractivity contribution in [2.75, 3.05) is 30.9 Å². The lowest BCUT2D eigenvalue weighted by Gasteiger charge is -2.25. The van der Waals surface area contributed by atoms with E-state index < -0.39 is 11.2 Å². The molecule has 0 radical (unpaired) electrons. The molecule has 0 aliphatic carbocycles. The van der Waals surface area contributed by atoms with Crippen molar-refractivity contribution in [3.05, 3.63) is 70.6 Å². The maximum Gasteiger partial charge on any atom is 0.341 e. The Morgan fingerprint density at radius 2 is 1.85 bits per heavy atom. The molecule has 1 aliphatic rings. The fraction of sp³-hybridized carbons (Fsp3) is 0.310. The van der Waals surface area contributed by atoms with Crippen molar-refractivity contribution in [3.63, 3.8) is 0 Å². The molecule has 1 unspecified atom stereocenters. The molecule has 0 saturated carbocycles. The van der Waals surface area contributed by atoms with Crippen molar-refractivity contribution < 1.29 is 28.7 Å². The first kappa shape index (κ1) is 29.2. The predicted molar refractivity (Wildman–Crippen MR) is 156 cm³/mol. The third-order valence-corrected chi connectivity index (χ3v) is 8.79. The van der Waals surface area contributed by atoms with Crippen LogP contribution in [-0.4, -0.2) is 54.1 Å². The Labute approximate surface area is 241 Å². The Morgan fingerprint density at radius 1 is 1.07 bits per heavy atom. The molecule has 0 spiro atoms. The van der Waals surface area contributed by atoms with E-state index in [4.69, 9.17) is 9.47 Å². The molecule has 9 nitrogen and oxygen atoms in total. The van der Waals surface area contributed by atoms with Crippen LogP contribution in [0.5, 0.6) is 5.75 Å². The van der Waals surface area contributed by atoms with Gasteiger partial charge in [-0.25, -0.2) is 4.79 Å². The minimum atomic E-state index is -0.510. The van der Waals surface area contributed by atoms with Crippen molar-refractivity contribution in [1.29, 1.82) is 0 Å². The molecule has 0 fully saturated rings. The SMILES string of the molecule is CCC(Sc1cccc(NC(=O)COc2ccccc2)c1)C(=O)Nc1sc2c(c1C(=O)OC)CCN(C(C)=O)C2. The van der Waals surface area contributed by atoms with E-state index in [2.05, 4.69) is 10.6 Å². The summed E-state index contributed by atoms with van der Waals surface area (Å²) in [7, 11) is 1.31. The normalized spacial score (nSPS) is 13.1. The maximum absolute atomic E-state index is 13.4. The number of nitrogens with one attached hydrogen (secondary N) is 2. The number of hydrogen-bond donors (Lipinski definition) is 2. The van der Waals surface area contributed by atoms with E-state index in [9.17, 15) is 19.2 Å². The Hall–Kier alpha value is -3.83. The number of carbonyl (C=O) groups is 4. The summed E-state index contributed by atoms with van der Waals surface area (Å²) in [6.07, 6.45) is 1.06. The van der Waals surface area contributed by atoms with Gasteiger partial charge in [-0.15, -0.1) is 23.1 Å². The van der Waals surface area contributed by atoms with Crippen molar-refractivity contribution in [3.8, 4) is 5.75 Å². The van der Waals surface area contributed by atoms with Crippen LogP contribution >= 0.6 is 23.1 Å². The van der Waals surface area contributed by atoms with Gasteiger partial charge in [0.2, 0.25) is 11.8 Å². The van der Waals surface area contributed by atoms with Crippen LogP contribution in [0.25, 0.3) is 0 Å². The highest BCUT2D eigenvalue weighted by atomic mass is 32.2. The van der Waals surface area contributed by atoms with Crippen LogP contribution in [0.3, 0.4) is 0 Å². The van der Waals surface area contributed by atoms with Gasteiger partial charge < -0.3 is 25.0 Å². The van der Waals surface area contributed by atoms with Gasteiger partial charge in [0.15, 0.2) is 6.61 Å². The minimum Gasteiger partial charge on any atom is -0.484 e. The molecule has 2 heterocycles. The molecule has 0 saturated heterocycles. The van der Waals surface area contributed by atoms with Gasteiger partial charge in [-0.2, -0.15) is 0 Å². The largest absolute Gasteiger partial charge is 0.484 e. The Morgan fingerprint density at radius 3 is 2.55 bits per heavy atom. The molecule has 1 atom stereocenters. The second-order valence-corrected chi connectivity index (χ2v) is 11.5. The first-order valence-corrected chi connectivity index (χ1v) is 14.5. The fourth-order valence-corrected chi connectivity index (χ4v) is 6.53. The van der Waals surface area contributed by atoms with Crippen molar-refractivity contribution in [2.24, 2.45) is 0 Å². The number of thioether (sulfide) groups is 1. The molecule has 40 heavy (non-hydrogen) atoms. The van der Waals surface area contributed by atoms with E-state index >= 15 is 0 Å². The second kappa shape index (κ2) is 13.5. The van der Waals surface area contributed by atoms with Gasteiger partial charge in [0, 0.05) is 28.9 Å². The Balaban J connectivity index is 1.42. The standard InChI is InChI=1S/C29H31N3O6S2/c1-4-23(39-21-12-8-9-19(15-21)30-25(34)17-38-20-10-6-5-7-11-20)27(35)31-28-26(29(36)37-3)22-13-14-32(18(2)33)16-24(22)40-28/h5-12,15,23H,4,13-14,16-17H2,1-3H3,(H,30,34)(H,31,35). The van der Waals surface area contributed by atoms with Crippen LogP contribution in [0.2, 0.25) is 0 Å². The highest BCUT2D eigenvalue weighted by Crippen LogP contribution is 2.38. The maximum atomic E-state index is 13.4. The first-order chi connectivity index (χ1) is 19.3. The third-order valence-electron chi connectivity index (χ3n) is 6.30. The van der Waals surface area contributed by atoms with Gasteiger partial charge in [-0.05, 0) is 48.7 Å². The fourth-order valence-electron chi connectivity index (χ4n) is 4.27. The van der Waals surface area contributed by atoms with Gasteiger partial charge in [-0.1, -0.05) is 31.2 Å². The molecular formula is C29H31N3O6S2. The minimum absolute atomic E-state index is 0.0335. The zero-order chi connectivity index (χ0) is 28.6. The summed E-state index contributed by atoms with van der Waals surface area (Å²) in [6.45, 7) is 4.21. The van der Waals surface area contributed by atoms with Gasteiger partial charge >= 0.3 is 5.97 Å². The average Bonchev–Trinajstić information content (AvgIpc) is 3.32. The van der Waals surface area contributed by atoms with Crippen LogP contribution in [-0.2, 0) is 32.1 Å². The van der Waals surface area contributed by atoms with Gasteiger partial charge in [0.05, 0.1) is 24.5 Å². The summed E-state index contributed by atoms with van der Waals surface area (Å²) in [6, 6.07) is 16.4. The summed E-state index contributed by atoms with van der Waals surface area (Å²) in [5, 5.41) is 5.75. The van der Waals surface area contributed by atoms with Gasteiger partial charge in [0.25, 0.3) is 5.91 Å². The molecule has 1 aliphatic heterocycles. The molecule has 3 amide bonds. The number of thiophene rings is 1. The van der Waals surface area contributed by atoms with E-state index in [1.807, 2.05) is 37.3 Å². The molecule has 11 heteroatoms. The molecule has 0 bridgehead atoms. The number of nitrogens with zero attached hydrogens (tertiary/aromatic N) is 1. The number of rotatable bonds is 10. The zero-order valence-corrected chi connectivity index (χ0v) is 24.2. The van der Waals surface area contributed by atoms with E-state index in [1.165, 1.54) is 37.1 Å². The van der Waals surface area contributed by atoms with Crippen LogP contribution in [0.15, 0.2) is 59.5 Å². The van der Waals surface area contributed by atoms with Gasteiger partial charge in [0.1, 0.15) is 10.8 Å². The van der Waals surface area contributed by atoms with Crippen LogP contribution < -0.4 is 15.4 Å². The lowest BCUT2D eigenvalue weighted by Crippen LogP contribution is -2.34. The lowest BCUT2D eigenvalue weighted by molar-refractivity contribution is -0.129. The number of methoxy groups -OCH3 is 1. The summed E-state index contributed by atoms with van der Waals surface area (Å²) < 4.78 is 10.5. The summed E-state index contributed by atoms with van der Waals surface area (Å²) >= 11 is 2.67. The van der Waals surface area contributed by atoms with E-state index in [1.54, 1.807) is 29.2 Å². The van der Waals surface area contributed by atoms with Gasteiger partial charge in [-0.3, -0.25) is 14.4 Å². The topological polar surface area (TPSA) is 114 Å². The first-order valence-electron chi connectivity index (χ1n) is 12.8. The quantitative estimate of drug-likeness (QED) is 0.257. The number of esters is 1. The smallest absolute Gasteiger partial charge is 0.341 e. The van der Waals surface area contributed by atoms with Crippen molar-refractivity contribution in [1.82, 2.24) is 4.90 Å². The average molecular weight is 582 g/mol. The number of ether oxygens (including phenoxy) is 2. The zero-order valence-electron chi connectivity index (χ0n) is 22.5. The Bertz CT molecular complexity index is 1390. The monoisotopic (exact) mass is 581 g/mol. The third kappa shape index (κ3) is 7.22. The molecule has 3 aromatic rings. The summed E-state index contributed by atoms with van der Waals surface area (Å²) in [5.41, 5.74) is 1.78. The lowest BCUT2D eigenvalue weighted by atomic mass is 10.0. The predicted octanol–water partition coefficient (Wildman–Crippen LogP) is 4.97. The van der Waals surface area contributed by atoms with Crippen LogP contribution in [0, 0.1) is 0 Å². The van der Waals surface area contributed by atoms with E-state index in [0.29, 0.717) is 47.9 Å². The number of anilines is 2. The molecule has 2 N–H and O–H groups in total. The number of hydrogen-bond acceptors (Lipinski definition) is 8. The van der Waals surface area contributed by atoms with Crippen molar-refractivity contribution >= 4 is 57.5 Å². The molecule has 4 rings (SSSR count). The number of amides is 3. The summed E-state index contributed by atoms with van der Waals surface area (Å²) in [4.78, 5) is 53.7. The molecular weight excluding hydrogens is 550 g/mol. The van der Waals surface area contributed by atoms with Crippen LogP contribution in [0.1, 0.15) is 41.1 Å². The van der Waals surface area contributed by atoms with E-state index in [-0.39, 0.29) is 24.3 Å². The number of benzene rings is 2. The molecule has 210 valence electrons. The number of carbonyl (C=O) groups excluding carboxylic acids is 4. The second-order valence-electron chi connectivity index (χ2n) is 9.07. The number of fused-ring (bicyclic) bond motifs is 1. The Kier molecular flexibility index (Phi) is 9.84.